The molecule has 0 saturated heterocycles. The summed E-state index contributed by atoms with van der Waals surface area (Å²) in [4.78, 5) is 16.4. The first-order chi connectivity index (χ1) is 11.1. The quantitative estimate of drug-likeness (QED) is 0.778. The van der Waals surface area contributed by atoms with Gasteiger partial charge in [-0.1, -0.05) is 42.5 Å². The van der Waals surface area contributed by atoms with Crippen LogP contribution in [0.15, 0.2) is 54.6 Å². The van der Waals surface area contributed by atoms with Crippen molar-refractivity contribution in [1.82, 2.24) is 4.90 Å². The average Bonchev–Trinajstić information content (AvgIpc) is 2.59. The van der Waals surface area contributed by atoms with Gasteiger partial charge in [0.1, 0.15) is 0 Å². The van der Waals surface area contributed by atoms with Crippen molar-refractivity contribution < 1.29 is 4.79 Å². The lowest BCUT2D eigenvalue weighted by molar-refractivity contribution is -0.131. The Morgan fingerprint density at radius 2 is 1.57 bits per heavy atom. The van der Waals surface area contributed by atoms with E-state index in [1.807, 2.05) is 44.1 Å². The van der Waals surface area contributed by atoms with Gasteiger partial charge in [0, 0.05) is 39.3 Å². The van der Waals surface area contributed by atoms with Crippen LogP contribution in [-0.2, 0) is 17.8 Å². The Morgan fingerprint density at radius 1 is 0.913 bits per heavy atom. The molecule has 122 valence electrons. The molecule has 0 aliphatic carbocycles. The number of amides is 1. The Bertz CT molecular complexity index is 605. The molecule has 2 rings (SSSR count). The zero-order chi connectivity index (χ0) is 16.7. The second-order valence-corrected chi connectivity index (χ2v) is 5.95. The van der Waals surface area contributed by atoms with Gasteiger partial charge in [0.15, 0.2) is 0 Å². The van der Waals surface area contributed by atoms with Gasteiger partial charge in [0.05, 0.1) is 0 Å². The number of nitrogens with zero attached hydrogens (tertiary/aromatic N) is 2. The van der Waals surface area contributed by atoms with Crippen molar-refractivity contribution in [3.8, 4) is 0 Å². The summed E-state index contributed by atoms with van der Waals surface area (Å²) in [5.74, 6) is 0.216. The van der Waals surface area contributed by atoms with Gasteiger partial charge in [-0.25, -0.2) is 0 Å². The standard InChI is InChI=1S/C20H26N2O/c1-4-22(16-18-10-13-19(14-11-18)21(2)3)20(23)15-12-17-8-6-5-7-9-17/h5-11,13-14H,4,12,15-16H2,1-3H3. The summed E-state index contributed by atoms with van der Waals surface area (Å²) < 4.78 is 0. The van der Waals surface area contributed by atoms with Gasteiger partial charge in [-0.05, 0) is 36.6 Å². The summed E-state index contributed by atoms with van der Waals surface area (Å²) in [6.07, 6.45) is 1.36. The van der Waals surface area contributed by atoms with Crippen molar-refractivity contribution in [1.29, 1.82) is 0 Å². The molecule has 2 aromatic carbocycles. The highest BCUT2D eigenvalue weighted by Gasteiger charge is 2.12. The lowest BCUT2D eigenvalue weighted by atomic mass is 10.1. The molecule has 0 N–H and O–H groups in total. The number of hydrogen-bond donors (Lipinski definition) is 0. The van der Waals surface area contributed by atoms with Crippen LogP contribution in [0.25, 0.3) is 0 Å². The lowest BCUT2D eigenvalue weighted by Crippen LogP contribution is -2.30. The molecule has 0 bridgehead atoms. The monoisotopic (exact) mass is 310 g/mol. The van der Waals surface area contributed by atoms with Crippen molar-refractivity contribution in [3.05, 3.63) is 65.7 Å². The molecule has 0 aliphatic heterocycles. The van der Waals surface area contributed by atoms with Crippen molar-refractivity contribution in [3.63, 3.8) is 0 Å². The maximum absolute atomic E-state index is 12.4. The molecule has 0 radical (unpaired) electrons. The van der Waals surface area contributed by atoms with Crippen LogP contribution in [0.1, 0.15) is 24.5 Å². The third kappa shape index (κ3) is 5.13. The van der Waals surface area contributed by atoms with Crippen LogP contribution >= 0.6 is 0 Å². The fourth-order valence-electron chi connectivity index (χ4n) is 2.55. The van der Waals surface area contributed by atoms with Gasteiger partial charge < -0.3 is 9.80 Å². The van der Waals surface area contributed by atoms with E-state index < -0.39 is 0 Å². The van der Waals surface area contributed by atoms with E-state index in [0.717, 1.165) is 13.0 Å². The molecule has 0 heterocycles. The molecule has 2 aromatic rings. The van der Waals surface area contributed by atoms with E-state index in [1.54, 1.807) is 0 Å². The van der Waals surface area contributed by atoms with Gasteiger partial charge in [-0.2, -0.15) is 0 Å². The largest absolute Gasteiger partial charge is 0.378 e. The van der Waals surface area contributed by atoms with Gasteiger partial charge in [0.2, 0.25) is 5.91 Å². The third-order valence-electron chi connectivity index (χ3n) is 4.03. The van der Waals surface area contributed by atoms with E-state index in [2.05, 4.69) is 41.3 Å². The van der Waals surface area contributed by atoms with Crippen LogP contribution in [0.3, 0.4) is 0 Å². The van der Waals surface area contributed by atoms with Gasteiger partial charge in [0.25, 0.3) is 0 Å². The Hall–Kier alpha value is -2.29. The Balaban J connectivity index is 1.92. The summed E-state index contributed by atoms with van der Waals surface area (Å²) in [6, 6.07) is 18.6. The Labute approximate surface area is 139 Å². The molecule has 0 aromatic heterocycles. The second kappa shape index (κ2) is 8.37. The number of rotatable bonds is 7. The van der Waals surface area contributed by atoms with Crippen LogP contribution in [0.4, 0.5) is 5.69 Å². The molecule has 23 heavy (non-hydrogen) atoms. The Morgan fingerprint density at radius 3 is 2.13 bits per heavy atom. The number of anilines is 1. The molecule has 0 unspecified atom stereocenters. The van der Waals surface area contributed by atoms with Crippen LogP contribution in [0, 0.1) is 0 Å². The molecule has 0 fully saturated rings. The molecular weight excluding hydrogens is 284 g/mol. The molecule has 0 atom stereocenters. The van der Waals surface area contributed by atoms with Crippen molar-refractivity contribution in [2.45, 2.75) is 26.3 Å². The summed E-state index contributed by atoms with van der Waals surface area (Å²) >= 11 is 0. The zero-order valence-electron chi connectivity index (χ0n) is 14.3. The molecule has 0 saturated carbocycles. The molecule has 0 aliphatic rings. The van der Waals surface area contributed by atoms with E-state index in [-0.39, 0.29) is 5.91 Å². The number of aryl methyl sites for hydroxylation is 1. The summed E-state index contributed by atoms with van der Waals surface area (Å²) in [5.41, 5.74) is 3.56. The van der Waals surface area contributed by atoms with Gasteiger partial charge in [-0.3, -0.25) is 4.79 Å². The summed E-state index contributed by atoms with van der Waals surface area (Å²) in [5, 5.41) is 0. The topological polar surface area (TPSA) is 23.6 Å². The molecule has 3 nitrogen and oxygen atoms in total. The third-order valence-corrected chi connectivity index (χ3v) is 4.03. The van der Waals surface area contributed by atoms with Crippen LogP contribution in [0.5, 0.6) is 0 Å². The first kappa shape index (κ1) is 17.1. The van der Waals surface area contributed by atoms with Crippen molar-refractivity contribution in [2.24, 2.45) is 0 Å². The molecule has 1 amide bonds. The number of carbonyl (C=O) groups is 1. The van der Waals surface area contributed by atoms with Crippen LogP contribution in [0.2, 0.25) is 0 Å². The first-order valence-electron chi connectivity index (χ1n) is 8.18. The van der Waals surface area contributed by atoms with Crippen molar-refractivity contribution in [2.75, 3.05) is 25.5 Å². The molecule has 0 spiro atoms. The average molecular weight is 310 g/mol. The maximum Gasteiger partial charge on any atom is 0.223 e. The number of carbonyl (C=O) groups excluding carboxylic acids is 1. The smallest absolute Gasteiger partial charge is 0.223 e. The van der Waals surface area contributed by atoms with E-state index in [4.69, 9.17) is 0 Å². The highest BCUT2D eigenvalue weighted by Crippen LogP contribution is 2.14. The fraction of sp³-hybridized carbons (Fsp3) is 0.350. The predicted octanol–water partition coefficient (Wildman–Crippen LogP) is 3.73. The van der Waals surface area contributed by atoms with Gasteiger partial charge in [-0.15, -0.1) is 0 Å². The Kier molecular flexibility index (Phi) is 6.21. The molecule has 3 heteroatoms. The van der Waals surface area contributed by atoms with Gasteiger partial charge >= 0.3 is 0 Å². The van der Waals surface area contributed by atoms with Crippen molar-refractivity contribution >= 4 is 11.6 Å². The maximum atomic E-state index is 12.4. The summed E-state index contributed by atoms with van der Waals surface area (Å²) in [7, 11) is 4.06. The highest BCUT2D eigenvalue weighted by atomic mass is 16.2. The van der Waals surface area contributed by atoms with E-state index in [0.29, 0.717) is 13.0 Å². The lowest BCUT2D eigenvalue weighted by Gasteiger charge is -2.21. The first-order valence-corrected chi connectivity index (χ1v) is 8.18. The minimum Gasteiger partial charge on any atom is -0.378 e. The second-order valence-electron chi connectivity index (χ2n) is 5.95. The zero-order valence-corrected chi connectivity index (χ0v) is 14.3. The normalized spacial score (nSPS) is 10.4. The van der Waals surface area contributed by atoms with Crippen LogP contribution in [-0.4, -0.2) is 31.4 Å². The number of benzene rings is 2. The minimum absolute atomic E-state index is 0.216. The summed E-state index contributed by atoms with van der Waals surface area (Å²) in [6.45, 7) is 3.45. The highest BCUT2D eigenvalue weighted by molar-refractivity contribution is 5.76. The van der Waals surface area contributed by atoms with E-state index in [9.17, 15) is 4.79 Å². The minimum atomic E-state index is 0.216. The van der Waals surface area contributed by atoms with E-state index in [1.165, 1.54) is 16.8 Å². The number of hydrogen-bond acceptors (Lipinski definition) is 2. The predicted molar refractivity (Wildman–Crippen MR) is 96.6 cm³/mol. The molecular formula is C20H26N2O. The fourth-order valence-corrected chi connectivity index (χ4v) is 2.55. The van der Waals surface area contributed by atoms with E-state index >= 15 is 0 Å². The van der Waals surface area contributed by atoms with Crippen LogP contribution < -0.4 is 4.90 Å². The SMILES string of the molecule is CCN(Cc1ccc(N(C)C)cc1)C(=O)CCc1ccccc1.